The zero-order valence-electron chi connectivity index (χ0n) is 10.6. The molecule has 5 heteroatoms. The molecule has 0 aromatic carbocycles. The molecule has 0 radical (unpaired) electrons. The van der Waals surface area contributed by atoms with Crippen molar-refractivity contribution in [2.45, 2.75) is 31.4 Å². The predicted octanol–water partition coefficient (Wildman–Crippen LogP) is -0.343. The number of carbonyl (C=O) groups excluding carboxylic acids is 1. The van der Waals surface area contributed by atoms with E-state index in [1.54, 1.807) is 7.11 Å². The Morgan fingerprint density at radius 3 is 2.94 bits per heavy atom. The van der Waals surface area contributed by atoms with Crippen LogP contribution in [0.2, 0.25) is 0 Å². The molecule has 0 saturated carbocycles. The van der Waals surface area contributed by atoms with Crippen molar-refractivity contribution in [3.8, 4) is 0 Å². The van der Waals surface area contributed by atoms with Crippen LogP contribution in [-0.2, 0) is 9.53 Å². The molecular weight excluding hydrogens is 218 g/mol. The molecule has 0 aromatic heterocycles. The first-order valence-corrected chi connectivity index (χ1v) is 6.52. The summed E-state index contributed by atoms with van der Waals surface area (Å²) < 4.78 is 5.12. The van der Waals surface area contributed by atoms with Gasteiger partial charge in [0.2, 0.25) is 0 Å². The van der Waals surface area contributed by atoms with E-state index in [4.69, 9.17) is 10.5 Å². The Morgan fingerprint density at radius 1 is 1.41 bits per heavy atom. The summed E-state index contributed by atoms with van der Waals surface area (Å²) in [5.41, 5.74) is 5.54. The third kappa shape index (κ3) is 2.78. The summed E-state index contributed by atoms with van der Waals surface area (Å²) in [5, 5.41) is 0. The Morgan fingerprint density at radius 2 is 2.24 bits per heavy atom. The van der Waals surface area contributed by atoms with E-state index in [9.17, 15) is 4.79 Å². The number of amides is 1. The van der Waals surface area contributed by atoms with Gasteiger partial charge in [0.05, 0.1) is 0 Å². The minimum atomic E-state index is -0.467. The molecule has 0 aromatic rings. The highest BCUT2D eigenvalue weighted by molar-refractivity contribution is 5.81. The van der Waals surface area contributed by atoms with Gasteiger partial charge in [0.25, 0.3) is 5.91 Å². The predicted molar refractivity (Wildman–Crippen MR) is 65.6 cm³/mol. The number of nitrogens with two attached hydrogens (primary N) is 1. The van der Waals surface area contributed by atoms with Crippen LogP contribution in [0.4, 0.5) is 0 Å². The molecular formula is C12H23N3O2. The largest absolute Gasteiger partial charge is 0.370 e. The van der Waals surface area contributed by atoms with E-state index in [0.717, 1.165) is 19.6 Å². The molecule has 0 aliphatic carbocycles. The standard InChI is InChI=1S/C12H23N3O2/c1-17-11(8-13)12(16)15-7-6-14-5-3-2-4-10(14)9-15/h10-11H,2-9,13H2,1H3. The third-order valence-electron chi connectivity index (χ3n) is 3.92. The van der Waals surface area contributed by atoms with Gasteiger partial charge in [-0.25, -0.2) is 0 Å². The molecule has 5 nitrogen and oxygen atoms in total. The Hall–Kier alpha value is -0.650. The van der Waals surface area contributed by atoms with Crippen molar-refractivity contribution in [1.29, 1.82) is 0 Å². The lowest BCUT2D eigenvalue weighted by Gasteiger charge is -2.44. The second-order valence-electron chi connectivity index (χ2n) is 4.93. The lowest BCUT2D eigenvalue weighted by atomic mass is 9.99. The van der Waals surface area contributed by atoms with Crippen molar-refractivity contribution >= 4 is 5.91 Å². The Kier molecular flexibility index (Phi) is 4.36. The van der Waals surface area contributed by atoms with Gasteiger partial charge in [-0.15, -0.1) is 0 Å². The average Bonchev–Trinajstić information content (AvgIpc) is 2.39. The fraction of sp³-hybridized carbons (Fsp3) is 0.917. The van der Waals surface area contributed by atoms with Crippen LogP contribution >= 0.6 is 0 Å². The van der Waals surface area contributed by atoms with E-state index in [1.807, 2.05) is 4.90 Å². The number of hydrogen-bond donors (Lipinski definition) is 1. The average molecular weight is 241 g/mol. The zero-order valence-corrected chi connectivity index (χ0v) is 10.6. The molecule has 0 bridgehead atoms. The van der Waals surface area contributed by atoms with Gasteiger partial charge in [-0.2, -0.15) is 0 Å². The molecule has 2 aliphatic heterocycles. The van der Waals surface area contributed by atoms with E-state index < -0.39 is 6.10 Å². The Labute approximate surface area is 103 Å². The van der Waals surface area contributed by atoms with Gasteiger partial charge in [0, 0.05) is 39.3 Å². The van der Waals surface area contributed by atoms with Gasteiger partial charge in [0.15, 0.2) is 0 Å². The summed E-state index contributed by atoms with van der Waals surface area (Å²) in [6.07, 6.45) is 3.33. The molecule has 2 atom stereocenters. The number of ether oxygens (including phenoxy) is 1. The van der Waals surface area contributed by atoms with Gasteiger partial charge in [-0.3, -0.25) is 9.69 Å². The van der Waals surface area contributed by atoms with Crippen molar-refractivity contribution in [3.05, 3.63) is 0 Å². The molecule has 2 N–H and O–H groups in total. The smallest absolute Gasteiger partial charge is 0.253 e. The summed E-state index contributed by atoms with van der Waals surface area (Å²) in [4.78, 5) is 16.6. The lowest BCUT2D eigenvalue weighted by molar-refractivity contribution is -0.144. The number of methoxy groups -OCH3 is 1. The highest BCUT2D eigenvalue weighted by Crippen LogP contribution is 2.21. The Bertz CT molecular complexity index is 268. The van der Waals surface area contributed by atoms with Crippen LogP contribution in [-0.4, -0.2) is 67.7 Å². The van der Waals surface area contributed by atoms with Gasteiger partial charge >= 0.3 is 0 Å². The molecule has 2 fully saturated rings. The van der Waals surface area contributed by atoms with Crippen LogP contribution in [0.25, 0.3) is 0 Å². The van der Waals surface area contributed by atoms with Gasteiger partial charge in [0.1, 0.15) is 6.10 Å². The molecule has 2 rings (SSSR count). The quantitative estimate of drug-likeness (QED) is 0.734. The number of piperidine rings is 1. The van der Waals surface area contributed by atoms with E-state index in [2.05, 4.69) is 4.90 Å². The summed E-state index contributed by atoms with van der Waals surface area (Å²) >= 11 is 0. The Balaban J connectivity index is 1.92. The molecule has 2 heterocycles. The van der Waals surface area contributed by atoms with Gasteiger partial charge < -0.3 is 15.4 Å². The third-order valence-corrected chi connectivity index (χ3v) is 3.92. The molecule has 1 amide bonds. The van der Waals surface area contributed by atoms with E-state index in [0.29, 0.717) is 6.04 Å². The van der Waals surface area contributed by atoms with Crippen LogP contribution in [0.5, 0.6) is 0 Å². The van der Waals surface area contributed by atoms with E-state index in [-0.39, 0.29) is 12.5 Å². The highest BCUT2D eigenvalue weighted by Gasteiger charge is 2.33. The summed E-state index contributed by atoms with van der Waals surface area (Å²) in [6.45, 7) is 4.11. The topological polar surface area (TPSA) is 58.8 Å². The number of carbonyl (C=O) groups is 1. The van der Waals surface area contributed by atoms with Crippen molar-refractivity contribution in [3.63, 3.8) is 0 Å². The van der Waals surface area contributed by atoms with Crippen molar-refractivity contribution in [2.24, 2.45) is 5.73 Å². The monoisotopic (exact) mass is 241 g/mol. The number of rotatable bonds is 3. The molecule has 2 saturated heterocycles. The van der Waals surface area contributed by atoms with Gasteiger partial charge in [-0.1, -0.05) is 6.42 Å². The SMILES string of the molecule is COC(CN)C(=O)N1CCN2CCCCC2C1. The van der Waals surface area contributed by atoms with Crippen LogP contribution in [0.3, 0.4) is 0 Å². The summed E-state index contributed by atoms with van der Waals surface area (Å²) in [7, 11) is 1.55. The molecule has 0 spiro atoms. The zero-order chi connectivity index (χ0) is 12.3. The van der Waals surface area contributed by atoms with Crippen molar-refractivity contribution in [2.75, 3.05) is 39.8 Å². The summed E-state index contributed by atoms with van der Waals surface area (Å²) in [6, 6.07) is 0.553. The molecule has 98 valence electrons. The summed E-state index contributed by atoms with van der Waals surface area (Å²) in [5.74, 6) is 0.0558. The minimum Gasteiger partial charge on any atom is -0.370 e. The van der Waals surface area contributed by atoms with Crippen LogP contribution < -0.4 is 5.73 Å². The second kappa shape index (κ2) is 5.80. The number of nitrogens with zero attached hydrogens (tertiary/aromatic N) is 2. The highest BCUT2D eigenvalue weighted by atomic mass is 16.5. The fourth-order valence-corrected chi connectivity index (χ4v) is 2.86. The van der Waals surface area contributed by atoms with Crippen LogP contribution in [0.15, 0.2) is 0 Å². The van der Waals surface area contributed by atoms with Crippen molar-refractivity contribution in [1.82, 2.24) is 9.80 Å². The minimum absolute atomic E-state index is 0.0558. The molecule has 17 heavy (non-hydrogen) atoms. The molecule has 2 unspecified atom stereocenters. The first-order valence-electron chi connectivity index (χ1n) is 6.52. The second-order valence-corrected chi connectivity index (χ2v) is 4.93. The maximum Gasteiger partial charge on any atom is 0.253 e. The van der Waals surface area contributed by atoms with Crippen LogP contribution in [0.1, 0.15) is 19.3 Å². The maximum atomic E-state index is 12.1. The van der Waals surface area contributed by atoms with E-state index >= 15 is 0 Å². The first kappa shape index (κ1) is 12.8. The van der Waals surface area contributed by atoms with Crippen molar-refractivity contribution < 1.29 is 9.53 Å². The number of hydrogen-bond acceptors (Lipinski definition) is 4. The first-order chi connectivity index (χ1) is 8.26. The van der Waals surface area contributed by atoms with Crippen LogP contribution in [0, 0.1) is 0 Å². The fourth-order valence-electron chi connectivity index (χ4n) is 2.86. The normalized spacial score (nSPS) is 27.6. The number of fused-ring (bicyclic) bond motifs is 1. The lowest BCUT2D eigenvalue weighted by Crippen LogP contribution is -2.58. The van der Waals surface area contributed by atoms with E-state index in [1.165, 1.54) is 25.8 Å². The molecule has 2 aliphatic rings. The number of piperazine rings is 1. The maximum absolute atomic E-state index is 12.1. The van der Waals surface area contributed by atoms with Gasteiger partial charge in [-0.05, 0) is 19.4 Å².